The number of rotatable bonds is 2. The standard InChI is InChI=1S/C11H11NOS/c1-3-9-4-6-10(7-5-9)11-12-14-8(2)13-11/h4-7H,2-3H2,1H3. The van der Waals surface area contributed by atoms with Crippen LogP contribution < -0.4 is 0 Å². The van der Waals surface area contributed by atoms with Crippen LogP contribution in [0, 0.1) is 0 Å². The minimum atomic E-state index is 0.638. The second-order valence-electron chi connectivity index (χ2n) is 3.01. The molecule has 0 fully saturated rings. The van der Waals surface area contributed by atoms with Gasteiger partial charge in [-0.3, -0.25) is 0 Å². The molecule has 0 unspecified atom stereocenters. The molecule has 1 aromatic rings. The van der Waals surface area contributed by atoms with Crippen LogP contribution in [0.4, 0.5) is 0 Å². The van der Waals surface area contributed by atoms with Crippen molar-refractivity contribution in [2.45, 2.75) is 13.3 Å². The molecular weight excluding hydrogens is 194 g/mol. The molecule has 0 bridgehead atoms. The lowest BCUT2D eigenvalue weighted by molar-refractivity contribution is 0.470. The van der Waals surface area contributed by atoms with Gasteiger partial charge in [-0.25, -0.2) is 0 Å². The third kappa shape index (κ3) is 1.82. The molecular formula is C11H11NOS. The van der Waals surface area contributed by atoms with Gasteiger partial charge in [0.05, 0.1) is 11.9 Å². The van der Waals surface area contributed by atoms with E-state index in [2.05, 4.69) is 30.0 Å². The highest BCUT2D eigenvalue weighted by Crippen LogP contribution is 2.26. The summed E-state index contributed by atoms with van der Waals surface area (Å²) < 4.78 is 9.49. The largest absolute Gasteiger partial charge is 0.430 e. The Hall–Kier alpha value is -1.22. The highest BCUT2D eigenvalue weighted by atomic mass is 32.2. The van der Waals surface area contributed by atoms with Crippen molar-refractivity contribution in [2.24, 2.45) is 4.40 Å². The number of hydrogen-bond acceptors (Lipinski definition) is 3. The monoisotopic (exact) mass is 205 g/mol. The molecule has 0 amide bonds. The van der Waals surface area contributed by atoms with Crippen LogP contribution in [0.1, 0.15) is 18.1 Å². The van der Waals surface area contributed by atoms with Crippen molar-refractivity contribution in [1.82, 2.24) is 0 Å². The maximum Gasteiger partial charge on any atom is 0.234 e. The minimum Gasteiger partial charge on any atom is -0.430 e. The number of ether oxygens (including phenoxy) is 1. The van der Waals surface area contributed by atoms with Gasteiger partial charge < -0.3 is 4.74 Å². The molecule has 2 nitrogen and oxygen atoms in total. The van der Waals surface area contributed by atoms with Crippen LogP contribution in [0.5, 0.6) is 0 Å². The first-order valence-corrected chi connectivity index (χ1v) is 5.28. The van der Waals surface area contributed by atoms with E-state index in [9.17, 15) is 0 Å². The highest BCUT2D eigenvalue weighted by Gasteiger charge is 2.14. The van der Waals surface area contributed by atoms with Gasteiger partial charge in [0.25, 0.3) is 0 Å². The number of hydrogen-bond donors (Lipinski definition) is 0. The van der Waals surface area contributed by atoms with E-state index in [1.54, 1.807) is 0 Å². The third-order valence-electron chi connectivity index (χ3n) is 2.05. The summed E-state index contributed by atoms with van der Waals surface area (Å²) in [4.78, 5) is 0. The van der Waals surface area contributed by atoms with Gasteiger partial charge in [-0.05, 0) is 30.7 Å². The van der Waals surface area contributed by atoms with Gasteiger partial charge in [0.1, 0.15) is 0 Å². The predicted molar refractivity (Wildman–Crippen MR) is 60.2 cm³/mol. The van der Waals surface area contributed by atoms with E-state index in [4.69, 9.17) is 4.74 Å². The summed E-state index contributed by atoms with van der Waals surface area (Å²) >= 11 is 1.28. The van der Waals surface area contributed by atoms with Crippen LogP contribution >= 0.6 is 11.9 Å². The van der Waals surface area contributed by atoms with Crippen LogP contribution in [0.3, 0.4) is 0 Å². The lowest BCUT2D eigenvalue weighted by Gasteiger charge is -2.01. The minimum absolute atomic E-state index is 0.638. The molecule has 1 aliphatic rings. The molecule has 1 aliphatic heterocycles. The first-order chi connectivity index (χ1) is 6.79. The van der Waals surface area contributed by atoms with E-state index in [0.29, 0.717) is 11.0 Å². The van der Waals surface area contributed by atoms with Gasteiger partial charge in [0, 0.05) is 5.56 Å². The molecule has 0 saturated carbocycles. The Morgan fingerprint density at radius 1 is 1.36 bits per heavy atom. The second-order valence-corrected chi connectivity index (χ2v) is 3.83. The summed E-state index contributed by atoms with van der Waals surface area (Å²) in [6, 6.07) is 8.23. The average molecular weight is 205 g/mol. The summed E-state index contributed by atoms with van der Waals surface area (Å²) in [7, 11) is 0. The fourth-order valence-electron chi connectivity index (χ4n) is 1.23. The van der Waals surface area contributed by atoms with Crippen molar-refractivity contribution in [3.63, 3.8) is 0 Å². The molecule has 1 aromatic carbocycles. The Kier molecular flexibility index (Phi) is 2.59. The van der Waals surface area contributed by atoms with Crippen molar-refractivity contribution in [3.05, 3.63) is 47.1 Å². The van der Waals surface area contributed by atoms with E-state index < -0.39 is 0 Å². The van der Waals surface area contributed by atoms with Gasteiger partial charge >= 0.3 is 0 Å². The van der Waals surface area contributed by atoms with Gasteiger partial charge in [-0.2, -0.15) is 4.40 Å². The zero-order chi connectivity index (χ0) is 9.97. The Morgan fingerprint density at radius 2 is 2.07 bits per heavy atom. The molecule has 0 spiro atoms. The van der Waals surface area contributed by atoms with E-state index >= 15 is 0 Å². The Balaban J connectivity index is 2.21. The second kappa shape index (κ2) is 3.88. The van der Waals surface area contributed by atoms with Crippen LogP contribution in [0.25, 0.3) is 0 Å². The summed E-state index contributed by atoms with van der Waals surface area (Å²) in [5.74, 6) is 0.655. The lowest BCUT2D eigenvalue weighted by atomic mass is 10.1. The van der Waals surface area contributed by atoms with E-state index in [0.717, 1.165) is 12.0 Å². The van der Waals surface area contributed by atoms with Crippen molar-refractivity contribution in [3.8, 4) is 0 Å². The maximum absolute atomic E-state index is 5.34. The zero-order valence-electron chi connectivity index (χ0n) is 7.99. The summed E-state index contributed by atoms with van der Waals surface area (Å²) in [5, 5.41) is 0.638. The topological polar surface area (TPSA) is 21.6 Å². The molecule has 0 aliphatic carbocycles. The van der Waals surface area contributed by atoms with Crippen LogP contribution in [-0.2, 0) is 11.2 Å². The molecule has 0 saturated heterocycles. The van der Waals surface area contributed by atoms with Crippen molar-refractivity contribution in [2.75, 3.05) is 0 Å². The molecule has 0 N–H and O–H groups in total. The van der Waals surface area contributed by atoms with Gasteiger partial charge in [0.2, 0.25) is 5.90 Å². The van der Waals surface area contributed by atoms with Crippen LogP contribution in [-0.4, -0.2) is 5.90 Å². The molecule has 0 aromatic heterocycles. The lowest BCUT2D eigenvalue weighted by Crippen LogP contribution is -1.99. The van der Waals surface area contributed by atoms with E-state index in [-0.39, 0.29) is 0 Å². The van der Waals surface area contributed by atoms with Crippen molar-refractivity contribution >= 4 is 17.8 Å². The fraction of sp³-hybridized carbons (Fsp3) is 0.182. The van der Waals surface area contributed by atoms with Crippen molar-refractivity contribution < 1.29 is 4.74 Å². The van der Waals surface area contributed by atoms with Crippen LogP contribution in [0.15, 0.2) is 40.3 Å². The number of nitrogens with zero attached hydrogens (tertiary/aromatic N) is 1. The first kappa shape index (κ1) is 9.34. The third-order valence-corrected chi connectivity index (χ3v) is 2.59. The smallest absolute Gasteiger partial charge is 0.234 e. The Morgan fingerprint density at radius 3 is 2.57 bits per heavy atom. The SMILES string of the molecule is C=C1OC(c2ccc(CC)cc2)=NS1. The molecule has 0 radical (unpaired) electrons. The summed E-state index contributed by atoms with van der Waals surface area (Å²) in [5.41, 5.74) is 2.33. The molecule has 14 heavy (non-hydrogen) atoms. The quantitative estimate of drug-likeness (QED) is 0.692. The molecule has 1 heterocycles. The van der Waals surface area contributed by atoms with Crippen molar-refractivity contribution in [1.29, 1.82) is 0 Å². The molecule has 3 heteroatoms. The number of aryl methyl sites for hydroxylation is 1. The Labute approximate surface area is 87.8 Å². The predicted octanol–water partition coefficient (Wildman–Crippen LogP) is 3.15. The van der Waals surface area contributed by atoms with E-state index in [1.165, 1.54) is 17.5 Å². The average Bonchev–Trinajstić information content (AvgIpc) is 2.65. The van der Waals surface area contributed by atoms with Gasteiger partial charge in [-0.15, -0.1) is 0 Å². The van der Waals surface area contributed by atoms with Crippen LogP contribution in [0.2, 0.25) is 0 Å². The maximum atomic E-state index is 5.34. The molecule has 72 valence electrons. The molecule has 2 rings (SSSR count). The fourth-order valence-corrected chi connectivity index (χ4v) is 1.68. The first-order valence-electron chi connectivity index (χ1n) is 4.50. The summed E-state index contributed by atoms with van der Waals surface area (Å²) in [6.45, 7) is 5.83. The van der Waals surface area contributed by atoms with E-state index in [1.807, 2.05) is 12.1 Å². The Bertz CT molecular complexity index is 381. The highest BCUT2D eigenvalue weighted by molar-refractivity contribution is 8.02. The summed E-state index contributed by atoms with van der Waals surface area (Å²) in [6.07, 6.45) is 1.05. The zero-order valence-corrected chi connectivity index (χ0v) is 8.80. The van der Waals surface area contributed by atoms with Gasteiger partial charge in [-0.1, -0.05) is 19.1 Å². The molecule has 0 atom stereocenters. The normalized spacial score (nSPS) is 15.2. The van der Waals surface area contributed by atoms with Gasteiger partial charge in [0.15, 0.2) is 5.09 Å². The number of benzene rings is 1.